The summed E-state index contributed by atoms with van der Waals surface area (Å²) >= 11 is 0. The van der Waals surface area contributed by atoms with Crippen LogP contribution in [-0.2, 0) is 14.6 Å². The number of rotatable bonds is 4. The molecule has 0 atom stereocenters. The Morgan fingerprint density at radius 3 is 2.08 bits per heavy atom. The van der Waals surface area contributed by atoms with E-state index < -0.39 is 10.4 Å². The standard InChI is InChI=1S/C7H16O4S/c1-6(2)7(3,4)5-11-12(8,9)10/h6H,5H2,1-4H3,(H,8,9,10). The number of hydrogen-bond donors (Lipinski definition) is 1. The molecular formula is C7H16O4S. The summed E-state index contributed by atoms with van der Waals surface area (Å²) in [4.78, 5) is 0. The lowest BCUT2D eigenvalue weighted by Gasteiger charge is -2.27. The molecule has 0 aliphatic carbocycles. The SMILES string of the molecule is CC(C)C(C)(C)COS(=O)(=O)O. The summed E-state index contributed by atoms with van der Waals surface area (Å²) in [6.07, 6.45) is 0. The fraction of sp³-hybridized carbons (Fsp3) is 1.00. The van der Waals surface area contributed by atoms with Crippen molar-refractivity contribution >= 4 is 10.4 Å². The van der Waals surface area contributed by atoms with Crippen LogP contribution in [-0.4, -0.2) is 19.6 Å². The molecule has 5 heteroatoms. The Labute approximate surface area is 73.9 Å². The maximum absolute atomic E-state index is 10.2. The lowest BCUT2D eigenvalue weighted by Crippen LogP contribution is -2.27. The van der Waals surface area contributed by atoms with Crippen molar-refractivity contribution in [1.82, 2.24) is 0 Å². The lowest BCUT2D eigenvalue weighted by molar-refractivity contribution is 0.123. The molecule has 0 aliphatic heterocycles. The van der Waals surface area contributed by atoms with Crippen molar-refractivity contribution in [2.75, 3.05) is 6.61 Å². The van der Waals surface area contributed by atoms with Crippen LogP contribution in [0.4, 0.5) is 0 Å². The quantitative estimate of drug-likeness (QED) is 0.692. The number of hydrogen-bond acceptors (Lipinski definition) is 3. The highest BCUT2D eigenvalue weighted by Gasteiger charge is 2.24. The maximum Gasteiger partial charge on any atom is 0.397 e. The van der Waals surface area contributed by atoms with Gasteiger partial charge in [-0.3, -0.25) is 4.55 Å². The van der Waals surface area contributed by atoms with Gasteiger partial charge < -0.3 is 0 Å². The molecule has 0 heterocycles. The van der Waals surface area contributed by atoms with Crippen LogP contribution in [0.15, 0.2) is 0 Å². The van der Waals surface area contributed by atoms with Gasteiger partial charge in [0, 0.05) is 0 Å². The zero-order valence-corrected chi connectivity index (χ0v) is 8.68. The smallest absolute Gasteiger partial charge is 0.264 e. The van der Waals surface area contributed by atoms with Gasteiger partial charge in [0.15, 0.2) is 0 Å². The van der Waals surface area contributed by atoms with E-state index in [1.54, 1.807) is 0 Å². The Balaban J connectivity index is 4.10. The first kappa shape index (κ1) is 11.9. The van der Waals surface area contributed by atoms with Crippen LogP contribution in [0.25, 0.3) is 0 Å². The molecule has 0 rings (SSSR count). The van der Waals surface area contributed by atoms with E-state index in [4.69, 9.17) is 4.55 Å². The van der Waals surface area contributed by atoms with E-state index in [2.05, 4.69) is 4.18 Å². The van der Waals surface area contributed by atoms with Crippen LogP contribution >= 0.6 is 0 Å². The normalized spacial score (nSPS) is 13.8. The van der Waals surface area contributed by atoms with E-state index in [0.717, 1.165) is 0 Å². The van der Waals surface area contributed by atoms with Gasteiger partial charge in [-0.2, -0.15) is 8.42 Å². The van der Waals surface area contributed by atoms with Crippen molar-refractivity contribution < 1.29 is 17.2 Å². The molecule has 0 saturated carbocycles. The molecule has 0 fully saturated rings. The van der Waals surface area contributed by atoms with Gasteiger partial charge >= 0.3 is 10.4 Å². The highest BCUT2D eigenvalue weighted by molar-refractivity contribution is 7.80. The summed E-state index contributed by atoms with van der Waals surface area (Å²) in [5.41, 5.74) is -0.254. The average Bonchev–Trinajstić information content (AvgIpc) is 1.82. The van der Waals surface area contributed by atoms with E-state index in [9.17, 15) is 8.42 Å². The van der Waals surface area contributed by atoms with E-state index >= 15 is 0 Å². The third-order valence-corrected chi connectivity index (χ3v) is 2.56. The van der Waals surface area contributed by atoms with Crippen LogP contribution in [0.3, 0.4) is 0 Å². The molecular weight excluding hydrogens is 180 g/mol. The van der Waals surface area contributed by atoms with E-state index in [0.29, 0.717) is 5.92 Å². The maximum atomic E-state index is 10.2. The predicted molar refractivity (Wildman–Crippen MR) is 46.1 cm³/mol. The van der Waals surface area contributed by atoms with Gasteiger partial charge in [-0.1, -0.05) is 27.7 Å². The van der Waals surface area contributed by atoms with Crippen molar-refractivity contribution in [1.29, 1.82) is 0 Å². The monoisotopic (exact) mass is 196 g/mol. The van der Waals surface area contributed by atoms with Crippen LogP contribution in [0.5, 0.6) is 0 Å². The second-order valence-electron chi connectivity index (χ2n) is 3.83. The minimum absolute atomic E-state index is 0.00347. The largest absolute Gasteiger partial charge is 0.397 e. The first-order valence-corrected chi connectivity index (χ1v) is 5.13. The summed E-state index contributed by atoms with van der Waals surface area (Å²) in [5, 5.41) is 0. The zero-order valence-electron chi connectivity index (χ0n) is 7.86. The third-order valence-electron chi connectivity index (χ3n) is 2.14. The average molecular weight is 196 g/mol. The van der Waals surface area contributed by atoms with Gasteiger partial charge in [0.1, 0.15) is 0 Å². The molecule has 0 aromatic heterocycles. The predicted octanol–water partition coefficient (Wildman–Crippen LogP) is 1.49. The molecule has 12 heavy (non-hydrogen) atoms. The summed E-state index contributed by atoms with van der Waals surface area (Å²) in [7, 11) is -4.29. The molecule has 4 nitrogen and oxygen atoms in total. The molecule has 1 N–H and O–H groups in total. The second-order valence-corrected chi connectivity index (χ2v) is 4.92. The topological polar surface area (TPSA) is 63.6 Å². The first-order valence-electron chi connectivity index (χ1n) is 3.77. The van der Waals surface area contributed by atoms with Crippen molar-refractivity contribution in [3.63, 3.8) is 0 Å². The van der Waals surface area contributed by atoms with Gasteiger partial charge in [-0.25, -0.2) is 4.18 Å². The molecule has 0 aliphatic rings. The minimum Gasteiger partial charge on any atom is -0.264 e. The molecule has 0 saturated heterocycles. The summed E-state index contributed by atoms with van der Waals surface area (Å²) in [5.74, 6) is 0.291. The summed E-state index contributed by atoms with van der Waals surface area (Å²) in [6, 6.07) is 0. The molecule has 0 amide bonds. The zero-order chi connectivity index (χ0) is 9.99. The highest BCUT2D eigenvalue weighted by Crippen LogP contribution is 2.26. The Kier molecular flexibility index (Phi) is 3.68. The van der Waals surface area contributed by atoms with Gasteiger partial charge in [-0.15, -0.1) is 0 Å². The first-order chi connectivity index (χ1) is 5.15. The highest BCUT2D eigenvalue weighted by atomic mass is 32.3. The van der Waals surface area contributed by atoms with E-state index in [1.165, 1.54) is 0 Å². The molecule has 0 bridgehead atoms. The van der Waals surface area contributed by atoms with Crippen LogP contribution in [0.1, 0.15) is 27.7 Å². The fourth-order valence-electron chi connectivity index (χ4n) is 0.393. The molecule has 0 radical (unpaired) electrons. The van der Waals surface area contributed by atoms with E-state index in [1.807, 2.05) is 27.7 Å². The van der Waals surface area contributed by atoms with Crippen molar-refractivity contribution in [2.24, 2.45) is 11.3 Å². The van der Waals surface area contributed by atoms with Crippen molar-refractivity contribution in [2.45, 2.75) is 27.7 Å². The van der Waals surface area contributed by atoms with Crippen molar-refractivity contribution in [3.8, 4) is 0 Å². The van der Waals surface area contributed by atoms with Gasteiger partial charge in [0.2, 0.25) is 0 Å². The Bertz CT molecular complexity index is 228. The minimum atomic E-state index is -4.29. The van der Waals surface area contributed by atoms with Crippen LogP contribution in [0.2, 0.25) is 0 Å². The molecule has 0 aromatic rings. The van der Waals surface area contributed by atoms with Gasteiger partial charge in [-0.05, 0) is 11.3 Å². The van der Waals surface area contributed by atoms with E-state index in [-0.39, 0.29) is 12.0 Å². The fourth-order valence-corrected chi connectivity index (χ4v) is 0.846. The van der Waals surface area contributed by atoms with Crippen LogP contribution < -0.4 is 0 Å². The summed E-state index contributed by atoms with van der Waals surface area (Å²) < 4.78 is 33.1. The van der Waals surface area contributed by atoms with Gasteiger partial charge in [0.05, 0.1) is 6.61 Å². The third kappa shape index (κ3) is 4.69. The molecule has 0 spiro atoms. The molecule has 0 aromatic carbocycles. The Morgan fingerprint density at radius 1 is 1.42 bits per heavy atom. The Hall–Kier alpha value is -0.130. The van der Waals surface area contributed by atoms with Crippen LogP contribution in [0, 0.1) is 11.3 Å². The van der Waals surface area contributed by atoms with Crippen molar-refractivity contribution in [3.05, 3.63) is 0 Å². The Morgan fingerprint density at radius 2 is 1.83 bits per heavy atom. The second kappa shape index (κ2) is 3.72. The lowest BCUT2D eigenvalue weighted by atomic mass is 9.82. The molecule has 0 unspecified atom stereocenters. The summed E-state index contributed by atoms with van der Waals surface area (Å²) in [6.45, 7) is 7.69. The molecule has 74 valence electrons. The van der Waals surface area contributed by atoms with Gasteiger partial charge in [0.25, 0.3) is 0 Å².